The lowest BCUT2D eigenvalue weighted by Gasteiger charge is -2.14. The topological polar surface area (TPSA) is 82.4 Å². The maximum Gasteiger partial charge on any atom is 0.306 e. The Morgan fingerprint density at radius 2 is 2.00 bits per heavy atom. The molecule has 7 nitrogen and oxygen atoms in total. The summed E-state index contributed by atoms with van der Waals surface area (Å²) in [5, 5.41) is 7.69. The molecule has 0 fully saturated rings. The molecule has 0 bridgehead atoms. The van der Waals surface area contributed by atoms with Crippen molar-refractivity contribution in [2.45, 2.75) is 46.6 Å². The summed E-state index contributed by atoms with van der Waals surface area (Å²) < 4.78 is 12.5. The molecule has 0 aliphatic carbocycles. The summed E-state index contributed by atoms with van der Waals surface area (Å²) in [5.41, 5.74) is 3.11. The van der Waals surface area contributed by atoms with E-state index >= 15 is 0 Å². The summed E-state index contributed by atoms with van der Waals surface area (Å²) in [4.78, 5) is 24.2. The van der Waals surface area contributed by atoms with Crippen molar-refractivity contribution in [2.24, 2.45) is 7.05 Å². The number of carbonyl (C=O) groups is 2. The number of amides is 1. The number of rotatable bonds is 8. The Kier molecular flexibility index (Phi) is 7.45. The second-order valence-corrected chi connectivity index (χ2v) is 7.06. The van der Waals surface area contributed by atoms with E-state index in [4.69, 9.17) is 21.1 Å². The summed E-state index contributed by atoms with van der Waals surface area (Å²) in [7, 11) is 1.80. The van der Waals surface area contributed by atoms with Gasteiger partial charge >= 0.3 is 5.97 Å². The lowest BCUT2D eigenvalue weighted by molar-refractivity contribution is -0.153. The molecule has 1 aromatic heterocycles. The Bertz CT molecular complexity index is 863. The fraction of sp³-hybridized carbons (Fsp3) is 0.450. The molecule has 8 heteroatoms. The fourth-order valence-electron chi connectivity index (χ4n) is 2.60. The van der Waals surface area contributed by atoms with Crippen molar-refractivity contribution in [3.8, 4) is 5.75 Å². The molecule has 0 aliphatic rings. The van der Waals surface area contributed by atoms with E-state index in [2.05, 4.69) is 10.4 Å². The van der Waals surface area contributed by atoms with Crippen LogP contribution in [0.1, 0.15) is 36.7 Å². The van der Waals surface area contributed by atoms with Crippen molar-refractivity contribution in [3.05, 3.63) is 40.2 Å². The average molecular weight is 408 g/mol. The van der Waals surface area contributed by atoms with Gasteiger partial charge in [0.25, 0.3) is 5.91 Å². The van der Waals surface area contributed by atoms with Gasteiger partial charge in [-0.1, -0.05) is 11.6 Å². The molecule has 0 spiro atoms. The van der Waals surface area contributed by atoms with Crippen LogP contribution in [0, 0.1) is 20.8 Å². The predicted molar refractivity (Wildman–Crippen MR) is 108 cm³/mol. The summed E-state index contributed by atoms with van der Waals surface area (Å²) in [6, 6.07) is 5.39. The number of aromatic nitrogens is 2. The normalized spacial score (nSPS) is 11.8. The van der Waals surface area contributed by atoms with E-state index in [1.807, 2.05) is 26.8 Å². The lowest BCUT2D eigenvalue weighted by Crippen LogP contribution is -2.30. The number of benzene rings is 1. The van der Waals surface area contributed by atoms with E-state index in [9.17, 15) is 9.59 Å². The smallest absolute Gasteiger partial charge is 0.306 e. The Balaban J connectivity index is 1.74. The monoisotopic (exact) mass is 407 g/mol. The van der Waals surface area contributed by atoms with Crippen molar-refractivity contribution in [2.75, 3.05) is 11.9 Å². The summed E-state index contributed by atoms with van der Waals surface area (Å²) in [6.45, 7) is 7.47. The molecule has 0 saturated heterocycles. The zero-order valence-corrected chi connectivity index (χ0v) is 17.6. The van der Waals surface area contributed by atoms with Gasteiger partial charge in [0.05, 0.1) is 23.7 Å². The SMILES string of the molecule is Cc1cc(OCCCC(=O)OC(C)C(=O)Nc2c(C)nn(C)c2C)ccc1Cl. The van der Waals surface area contributed by atoms with Crippen molar-refractivity contribution < 1.29 is 19.1 Å². The van der Waals surface area contributed by atoms with Gasteiger partial charge in [0.15, 0.2) is 6.10 Å². The molecule has 0 radical (unpaired) electrons. The van der Waals surface area contributed by atoms with Crippen LogP contribution in [0.15, 0.2) is 18.2 Å². The van der Waals surface area contributed by atoms with Crippen LogP contribution in [-0.4, -0.2) is 34.4 Å². The largest absolute Gasteiger partial charge is 0.494 e. The zero-order chi connectivity index (χ0) is 20.8. The van der Waals surface area contributed by atoms with Gasteiger partial charge in [-0.15, -0.1) is 0 Å². The molecule has 2 rings (SSSR count). The number of hydrogen-bond acceptors (Lipinski definition) is 5. The molecular formula is C20H26ClN3O4. The molecule has 0 saturated carbocycles. The van der Waals surface area contributed by atoms with Crippen LogP contribution in [0.5, 0.6) is 5.75 Å². The van der Waals surface area contributed by atoms with E-state index in [1.165, 1.54) is 0 Å². The van der Waals surface area contributed by atoms with Gasteiger partial charge in [0, 0.05) is 18.5 Å². The Labute approximate surface area is 170 Å². The lowest BCUT2D eigenvalue weighted by atomic mass is 10.2. The minimum Gasteiger partial charge on any atom is -0.494 e. The Morgan fingerprint density at radius 1 is 1.29 bits per heavy atom. The third-order valence-corrected chi connectivity index (χ3v) is 4.78. The van der Waals surface area contributed by atoms with Crippen molar-refractivity contribution in [1.82, 2.24) is 9.78 Å². The minimum absolute atomic E-state index is 0.162. The number of nitrogens with zero attached hydrogens (tertiary/aromatic N) is 2. The highest BCUT2D eigenvalue weighted by Gasteiger charge is 2.20. The minimum atomic E-state index is -0.897. The average Bonchev–Trinajstić information content (AvgIpc) is 2.87. The fourth-order valence-corrected chi connectivity index (χ4v) is 2.72. The quantitative estimate of drug-likeness (QED) is 0.532. The van der Waals surface area contributed by atoms with Crippen LogP contribution < -0.4 is 10.1 Å². The van der Waals surface area contributed by atoms with E-state index in [-0.39, 0.29) is 12.3 Å². The number of ether oxygens (including phenoxy) is 2. The maximum absolute atomic E-state index is 12.3. The molecule has 1 N–H and O–H groups in total. The second-order valence-electron chi connectivity index (χ2n) is 6.65. The number of aryl methyl sites for hydroxylation is 3. The van der Waals surface area contributed by atoms with Gasteiger partial charge in [-0.2, -0.15) is 5.10 Å². The summed E-state index contributed by atoms with van der Waals surface area (Å²) in [5.74, 6) is -0.135. The number of halogens is 1. The molecule has 2 aromatic rings. The van der Waals surface area contributed by atoms with Crippen LogP contribution in [0.3, 0.4) is 0 Å². The van der Waals surface area contributed by atoms with Crippen molar-refractivity contribution in [3.63, 3.8) is 0 Å². The van der Waals surface area contributed by atoms with Gasteiger partial charge in [0.2, 0.25) is 0 Å². The number of hydrogen-bond donors (Lipinski definition) is 1. The molecule has 1 amide bonds. The van der Waals surface area contributed by atoms with E-state index in [0.29, 0.717) is 35.2 Å². The van der Waals surface area contributed by atoms with Crippen LogP contribution in [0.4, 0.5) is 5.69 Å². The number of anilines is 1. The van der Waals surface area contributed by atoms with Gasteiger partial charge < -0.3 is 14.8 Å². The standard InChI is InChI=1S/C20H26ClN3O4/c1-12-11-16(8-9-17(12)21)27-10-6-7-18(25)28-15(4)20(26)22-19-13(2)23-24(5)14(19)3/h8-9,11,15H,6-7,10H2,1-5H3,(H,22,26). The molecule has 1 aromatic carbocycles. The van der Waals surface area contributed by atoms with Gasteiger partial charge in [-0.3, -0.25) is 14.3 Å². The van der Waals surface area contributed by atoms with Crippen molar-refractivity contribution in [1.29, 1.82) is 0 Å². The van der Waals surface area contributed by atoms with Crippen LogP contribution in [0.2, 0.25) is 5.02 Å². The van der Waals surface area contributed by atoms with E-state index < -0.39 is 12.1 Å². The molecule has 1 atom stereocenters. The number of nitrogens with one attached hydrogen (secondary N) is 1. The van der Waals surface area contributed by atoms with Crippen LogP contribution in [-0.2, 0) is 21.4 Å². The Morgan fingerprint density at radius 3 is 2.61 bits per heavy atom. The molecule has 1 heterocycles. The first-order valence-electron chi connectivity index (χ1n) is 9.08. The first kappa shape index (κ1) is 21.8. The zero-order valence-electron chi connectivity index (χ0n) is 16.8. The van der Waals surface area contributed by atoms with Crippen molar-refractivity contribution >= 4 is 29.2 Å². The van der Waals surface area contributed by atoms with Gasteiger partial charge in [0.1, 0.15) is 5.75 Å². The maximum atomic E-state index is 12.3. The first-order chi connectivity index (χ1) is 13.2. The molecule has 28 heavy (non-hydrogen) atoms. The second kappa shape index (κ2) is 9.59. The highest BCUT2D eigenvalue weighted by atomic mass is 35.5. The highest BCUT2D eigenvalue weighted by molar-refractivity contribution is 6.31. The van der Waals surface area contributed by atoms with Crippen LogP contribution >= 0.6 is 11.6 Å². The molecule has 0 aliphatic heterocycles. The first-order valence-corrected chi connectivity index (χ1v) is 9.46. The van der Waals surface area contributed by atoms with E-state index in [1.54, 1.807) is 30.8 Å². The third-order valence-electron chi connectivity index (χ3n) is 4.36. The van der Waals surface area contributed by atoms with Crippen LogP contribution in [0.25, 0.3) is 0 Å². The van der Waals surface area contributed by atoms with E-state index in [0.717, 1.165) is 11.3 Å². The van der Waals surface area contributed by atoms with Gasteiger partial charge in [-0.05, 0) is 57.9 Å². The predicted octanol–water partition coefficient (Wildman–Crippen LogP) is 3.73. The molecule has 1 unspecified atom stereocenters. The van der Waals surface area contributed by atoms with Gasteiger partial charge in [-0.25, -0.2) is 0 Å². The summed E-state index contributed by atoms with van der Waals surface area (Å²) >= 11 is 5.97. The molecular weight excluding hydrogens is 382 g/mol. The molecule has 152 valence electrons. The number of carbonyl (C=O) groups excluding carboxylic acids is 2. The Hall–Kier alpha value is -2.54. The highest BCUT2D eigenvalue weighted by Crippen LogP contribution is 2.21. The third kappa shape index (κ3) is 5.73. The number of esters is 1. The summed E-state index contributed by atoms with van der Waals surface area (Å²) in [6.07, 6.45) is -0.253.